The average molecular weight is 448 g/mol. The summed E-state index contributed by atoms with van der Waals surface area (Å²) in [4.78, 5) is 14.6. The average Bonchev–Trinajstić information content (AvgIpc) is 2.66. The molecule has 0 aliphatic carbocycles. The molecular weight excluding hydrogens is 408 g/mol. The van der Waals surface area contributed by atoms with Gasteiger partial charge in [0, 0.05) is 33.2 Å². The van der Waals surface area contributed by atoms with Gasteiger partial charge in [-0.05, 0) is 18.6 Å². The van der Waals surface area contributed by atoms with Crippen LogP contribution < -0.4 is 9.75 Å². The third kappa shape index (κ3) is 5.15. The lowest BCUT2D eigenvalue weighted by Gasteiger charge is -2.23. The lowest BCUT2D eigenvalue weighted by atomic mass is 9.92. The second-order valence-electron chi connectivity index (χ2n) is 12.0. The quantitative estimate of drug-likeness (QED) is 0.394. The zero-order chi connectivity index (χ0) is 24.1. The normalized spacial score (nSPS) is 12.8. The van der Waals surface area contributed by atoms with Crippen LogP contribution in [0.5, 0.6) is 0 Å². The van der Waals surface area contributed by atoms with Gasteiger partial charge in [-0.3, -0.25) is 0 Å². The summed E-state index contributed by atoms with van der Waals surface area (Å²) >= 11 is 0. The van der Waals surface area contributed by atoms with Crippen LogP contribution in [-0.4, -0.2) is 23.0 Å². The summed E-state index contributed by atoms with van der Waals surface area (Å²) < 4.78 is 2.26. The van der Waals surface area contributed by atoms with Crippen LogP contribution in [0, 0.1) is 6.92 Å². The molecule has 0 saturated carbocycles. The number of hydrogen-bond acceptors (Lipinski definition) is 3. The van der Waals surface area contributed by atoms with Crippen LogP contribution in [0.2, 0.25) is 19.6 Å². The molecule has 0 aliphatic heterocycles. The van der Waals surface area contributed by atoms with Gasteiger partial charge in [-0.1, -0.05) is 79.4 Å². The SMILES string of the molecule is Cc1ccc(-c2nc(C(C)(C)C)nc(C(C)(C)C)n2)cc1-c1ccc([Si](C)(C)C)c[n+]1C. The maximum atomic E-state index is 4.90. The van der Waals surface area contributed by atoms with E-state index in [9.17, 15) is 0 Å². The number of hydrogen-bond donors (Lipinski definition) is 0. The van der Waals surface area contributed by atoms with Crippen LogP contribution in [0.1, 0.15) is 58.8 Å². The van der Waals surface area contributed by atoms with Gasteiger partial charge in [0.1, 0.15) is 18.7 Å². The number of benzene rings is 1. The molecule has 170 valence electrons. The van der Waals surface area contributed by atoms with E-state index in [1.807, 2.05) is 0 Å². The molecule has 0 fully saturated rings. The van der Waals surface area contributed by atoms with Gasteiger partial charge in [0.15, 0.2) is 12.0 Å². The third-order valence-corrected chi connectivity index (χ3v) is 7.78. The maximum Gasteiger partial charge on any atom is 0.212 e. The Hall–Kier alpha value is -2.40. The number of rotatable bonds is 3. The molecule has 3 aromatic rings. The van der Waals surface area contributed by atoms with Crippen molar-refractivity contribution < 1.29 is 4.57 Å². The van der Waals surface area contributed by atoms with Crippen molar-refractivity contribution in [2.45, 2.75) is 78.9 Å². The third-order valence-electron chi connectivity index (χ3n) is 5.75. The predicted octanol–water partition coefficient (Wildman–Crippen LogP) is 5.48. The molecule has 0 radical (unpaired) electrons. The molecule has 0 spiro atoms. The zero-order valence-electron chi connectivity index (χ0n) is 21.8. The van der Waals surface area contributed by atoms with Gasteiger partial charge in [-0.2, -0.15) is 0 Å². The predicted molar refractivity (Wildman–Crippen MR) is 137 cm³/mol. The summed E-state index contributed by atoms with van der Waals surface area (Å²) in [5.74, 6) is 2.41. The topological polar surface area (TPSA) is 42.6 Å². The van der Waals surface area contributed by atoms with Gasteiger partial charge < -0.3 is 0 Å². The molecule has 5 heteroatoms. The van der Waals surface area contributed by atoms with Gasteiger partial charge in [0.2, 0.25) is 5.69 Å². The van der Waals surface area contributed by atoms with Crippen LogP contribution in [-0.2, 0) is 17.9 Å². The van der Waals surface area contributed by atoms with E-state index >= 15 is 0 Å². The molecule has 0 aliphatic rings. The zero-order valence-corrected chi connectivity index (χ0v) is 22.8. The van der Waals surface area contributed by atoms with E-state index in [1.165, 1.54) is 22.0 Å². The molecule has 0 atom stereocenters. The van der Waals surface area contributed by atoms with Crippen molar-refractivity contribution in [2.24, 2.45) is 7.05 Å². The Morgan fingerprint density at radius 1 is 0.781 bits per heavy atom. The van der Waals surface area contributed by atoms with Crippen LogP contribution in [0.15, 0.2) is 36.5 Å². The lowest BCUT2D eigenvalue weighted by Crippen LogP contribution is -2.44. The van der Waals surface area contributed by atoms with Gasteiger partial charge in [-0.15, -0.1) is 0 Å². The fourth-order valence-electron chi connectivity index (χ4n) is 3.54. The Bertz CT molecular complexity index is 1110. The Morgan fingerprint density at radius 3 is 1.81 bits per heavy atom. The van der Waals surface area contributed by atoms with E-state index in [0.29, 0.717) is 0 Å². The van der Waals surface area contributed by atoms with E-state index in [2.05, 4.69) is 116 Å². The Morgan fingerprint density at radius 2 is 1.34 bits per heavy atom. The van der Waals surface area contributed by atoms with E-state index in [1.54, 1.807) is 0 Å². The highest BCUT2D eigenvalue weighted by Gasteiger charge is 2.26. The van der Waals surface area contributed by atoms with Crippen molar-refractivity contribution in [1.29, 1.82) is 0 Å². The lowest BCUT2D eigenvalue weighted by molar-refractivity contribution is -0.659. The molecule has 4 nitrogen and oxygen atoms in total. The fraction of sp³-hybridized carbons (Fsp3) is 0.481. The molecular formula is C27H39N4Si+. The van der Waals surface area contributed by atoms with Gasteiger partial charge in [0.25, 0.3) is 0 Å². The van der Waals surface area contributed by atoms with Crippen molar-refractivity contribution >= 4 is 13.3 Å². The molecule has 0 saturated heterocycles. The molecule has 3 rings (SSSR count). The highest BCUT2D eigenvalue weighted by molar-refractivity contribution is 6.88. The first-order valence-corrected chi connectivity index (χ1v) is 15.0. The van der Waals surface area contributed by atoms with Crippen molar-refractivity contribution in [3.8, 4) is 22.6 Å². The van der Waals surface area contributed by atoms with Crippen LogP contribution in [0.25, 0.3) is 22.6 Å². The van der Waals surface area contributed by atoms with E-state index in [4.69, 9.17) is 15.0 Å². The summed E-state index contributed by atoms with van der Waals surface area (Å²) in [6.45, 7) is 22.2. The van der Waals surface area contributed by atoms with Crippen LogP contribution in [0.3, 0.4) is 0 Å². The minimum absolute atomic E-state index is 0.148. The van der Waals surface area contributed by atoms with Gasteiger partial charge in [-0.25, -0.2) is 19.5 Å². The van der Waals surface area contributed by atoms with Crippen LogP contribution >= 0.6 is 0 Å². The van der Waals surface area contributed by atoms with E-state index in [0.717, 1.165) is 23.0 Å². The molecule has 2 aromatic heterocycles. The van der Waals surface area contributed by atoms with Gasteiger partial charge in [0.05, 0.1) is 8.07 Å². The number of aromatic nitrogens is 4. The number of nitrogens with zero attached hydrogens (tertiary/aromatic N) is 4. The second-order valence-corrected chi connectivity index (χ2v) is 17.1. The van der Waals surface area contributed by atoms with Crippen molar-refractivity contribution in [1.82, 2.24) is 15.0 Å². The highest BCUT2D eigenvalue weighted by atomic mass is 28.3. The molecule has 32 heavy (non-hydrogen) atoms. The highest BCUT2D eigenvalue weighted by Crippen LogP contribution is 2.29. The molecule has 1 aromatic carbocycles. The summed E-state index contributed by atoms with van der Waals surface area (Å²) in [6, 6.07) is 11.1. The van der Waals surface area contributed by atoms with Crippen molar-refractivity contribution in [3.63, 3.8) is 0 Å². The first-order chi connectivity index (χ1) is 14.6. The first-order valence-electron chi connectivity index (χ1n) is 11.5. The fourth-order valence-corrected chi connectivity index (χ4v) is 4.71. The van der Waals surface area contributed by atoms with Crippen LogP contribution in [0.4, 0.5) is 0 Å². The Balaban J connectivity index is 2.18. The first kappa shape index (κ1) is 24.2. The smallest absolute Gasteiger partial charge is 0.212 e. The molecule has 2 heterocycles. The molecule has 0 bridgehead atoms. The van der Waals surface area contributed by atoms with Crippen molar-refractivity contribution in [2.75, 3.05) is 0 Å². The summed E-state index contributed by atoms with van der Waals surface area (Å²) in [7, 11) is 0.780. The monoisotopic (exact) mass is 447 g/mol. The largest absolute Gasteiger partial charge is 0.217 e. The molecule has 0 amide bonds. The molecule has 0 unspecified atom stereocenters. The minimum Gasteiger partial charge on any atom is -0.217 e. The van der Waals surface area contributed by atoms with E-state index in [-0.39, 0.29) is 10.8 Å². The number of aryl methyl sites for hydroxylation is 2. The maximum absolute atomic E-state index is 4.90. The minimum atomic E-state index is -1.36. The number of pyridine rings is 1. The summed E-state index contributed by atoms with van der Waals surface area (Å²) in [5, 5.41) is 1.46. The summed E-state index contributed by atoms with van der Waals surface area (Å²) in [6.07, 6.45) is 2.30. The van der Waals surface area contributed by atoms with E-state index < -0.39 is 8.07 Å². The second kappa shape index (κ2) is 8.18. The molecule has 0 N–H and O–H groups in total. The standard InChI is InChI=1S/C27H39N4Si/c1-18-12-13-19(16-21(18)22-15-14-20(17-31(22)8)32(9,10)11)23-28-24(26(2,3)4)30-25(29-23)27(5,6)7/h12-17H,1-11H3/q+1. The van der Waals surface area contributed by atoms with Crippen molar-refractivity contribution in [3.05, 3.63) is 53.7 Å². The van der Waals surface area contributed by atoms with Gasteiger partial charge >= 0.3 is 0 Å². The Kier molecular flexibility index (Phi) is 6.20. The summed E-state index contributed by atoms with van der Waals surface area (Å²) in [5.41, 5.74) is 4.38. The Labute approximate surface area is 195 Å².